The summed E-state index contributed by atoms with van der Waals surface area (Å²) in [5.41, 5.74) is 0.412. The van der Waals surface area contributed by atoms with Gasteiger partial charge in [-0.15, -0.1) is 5.10 Å². The molecule has 0 bridgehead atoms. The maximum absolute atomic E-state index is 12.3. The van der Waals surface area contributed by atoms with E-state index < -0.39 is 5.25 Å². The number of halogens is 2. The summed E-state index contributed by atoms with van der Waals surface area (Å²) in [6.07, 6.45) is 0. The quantitative estimate of drug-likeness (QED) is 0.780. The number of nitrogens with one attached hydrogen (secondary N) is 1. The normalized spacial score (nSPS) is 12.4. The van der Waals surface area contributed by atoms with Gasteiger partial charge in [-0.25, -0.2) is 4.68 Å². The van der Waals surface area contributed by atoms with Gasteiger partial charge in [0.05, 0.1) is 21.0 Å². The van der Waals surface area contributed by atoms with E-state index >= 15 is 0 Å². The number of benzene rings is 1. The topological polar surface area (TPSA) is 72.7 Å². The van der Waals surface area contributed by atoms with Crippen LogP contribution < -0.4 is 5.32 Å². The highest BCUT2D eigenvalue weighted by molar-refractivity contribution is 8.00. The van der Waals surface area contributed by atoms with Gasteiger partial charge in [-0.05, 0) is 35.4 Å². The number of rotatable bonds is 6. The third kappa shape index (κ3) is 4.83. The standard InChI is InChI=1S/C14H17Cl2N5OS/c1-8(2)7-21-14(18-19-20-21)23-9(3)13(22)17-12-10(15)5-4-6-11(12)16/h4-6,8-9H,7H2,1-3H3,(H,17,22). The number of para-hydroxylation sites is 1. The van der Waals surface area contributed by atoms with Crippen molar-refractivity contribution >= 4 is 46.6 Å². The third-order valence-electron chi connectivity index (χ3n) is 2.90. The number of tetrazole rings is 1. The van der Waals surface area contributed by atoms with Crippen LogP contribution in [-0.2, 0) is 11.3 Å². The Hall–Kier alpha value is -1.31. The lowest BCUT2D eigenvalue weighted by Crippen LogP contribution is -2.23. The summed E-state index contributed by atoms with van der Waals surface area (Å²) in [5, 5.41) is 15.3. The van der Waals surface area contributed by atoms with Gasteiger partial charge in [0, 0.05) is 6.54 Å². The molecule has 23 heavy (non-hydrogen) atoms. The molecule has 1 heterocycles. The Labute approximate surface area is 148 Å². The van der Waals surface area contributed by atoms with E-state index in [2.05, 4.69) is 34.7 Å². The van der Waals surface area contributed by atoms with Crippen molar-refractivity contribution < 1.29 is 4.79 Å². The van der Waals surface area contributed by atoms with E-state index in [0.717, 1.165) is 0 Å². The van der Waals surface area contributed by atoms with Gasteiger partial charge in [0.25, 0.3) is 0 Å². The number of carbonyl (C=O) groups is 1. The Morgan fingerprint density at radius 3 is 2.57 bits per heavy atom. The number of carbonyl (C=O) groups excluding carboxylic acids is 1. The molecule has 0 fully saturated rings. The van der Waals surface area contributed by atoms with Gasteiger partial charge in [0.15, 0.2) is 0 Å². The number of hydrogen-bond acceptors (Lipinski definition) is 5. The second-order valence-electron chi connectivity index (χ2n) is 5.38. The zero-order chi connectivity index (χ0) is 17.0. The Bertz CT molecular complexity index is 671. The molecule has 1 unspecified atom stereocenters. The Kier molecular flexibility index (Phi) is 6.26. The molecule has 2 aromatic rings. The van der Waals surface area contributed by atoms with Crippen molar-refractivity contribution in [1.29, 1.82) is 0 Å². The molecule has 124 valence electrons. The lowest BCUT2D eigenvalue weighted by Gasteiger charge is -2.14. The first-order chi connectivity index (χ1) is 10.9. The molecule has 6 nitrogen and oxygen atoms in total. The summed E-state index contributed by atoms with van der Waals surface area (Å²) in [6.45, 7) is 6.62. The molecule has 0 spiro atoms. The van der Waals surface area contributed by atoms with Crippen molar-refractivity contribution in [3.8, 4) is 0 Å². The number of thioether (sulfide) groups is 1. The highest BCUT2D eigenvalue weighted by Gasteiger charge is 2.20. The van der Waals surface area contributed by atoms with Gasteiger partial charge >= 0.3 is 0 Å². The lowest BCUT2D eigenvalue weighted by atomic mass is 10.2. The van der Waals surface area contributed by atoms with Crippen LogP contribution in [0.25, 0.3) is 0 Å². The van der Waals surface area contributed by atoms with Crippen LogP contribution in [0.1, 0.15) is 20.8 Å². The van der Waals surface area contributed by atoms with E-state index in [1.807, 2.05) is 0 Å². The van der Waals surface area contributed by atoms with Crippen molar-refractivity contribution in [3.63, 3.8) is 0 Å². The van der Waals surface area contributed by atoms with Crippen molar-refractivity contribution in [2.75, 3.05) is 5.32 Å². The van der Waals surface area contributed by atoms with Crippen LogP contribution in [0.2, 0.25) is 10.0 Å². The lowest BCUT2D eigenvalue weighted by molar-refractivity contribution is -0.115. The molecule has 0 aliphatic carbocycles. The van der Waals surface area contributed by atoms with Crippen LogP contribution in [-0.4, -0.2) is 31.4 Å². The summed E-state index contributed by atoms with van der Waals surface area (Å²) >= 11 is 13.4. The van der Waals surface area contributed by atoms with Crippen LogP contribution in [0.4, 0.5) is 5.69 Å². The predicted molar refractivity (Wildman–Crippen MR) is 93.1 cm³/mol. The van der Waals surface area contributed by atoms with Crippen LogP contribution >= 0.6 is 35.0 Å². The molecule has 1 N–H and O–H groups in total. The maximum Gasteiger partial charge on any atom is 0.237 e. The van der Waals surface area contributed by atoms with E-state index in [-0.39, 0.29) is 5.91 Å². The molecular formula is C14H17Cl2N5OS. The largest absolute Gasteiger partial charge is 0.323 e. The monoisotopic (exact) mass is 373 g/mol. The van der Waals surface area contributed by atoms with Crippen LogP contribution in [0.5, 0.6) is 0 Å². The van der Waals surface area contributed by atoms with Crippen molar-refractivity contribution in [2.45, 2.75) is 37.7 Å². The summed E-state index contributed by atoms with van der Waals surface area (Å²) in [4.78, 5) is 12.3. The van der Waals surface area contributed by atoms with Crippen molar-refractivity contribution in [2.24, 2.45) is 5.92 Å². The van der Waals surface area contributed by atoms with Crippen molar-refractivity contribution in [1.82, 2.24) is 20.2 Å². The fraction of sp³-hybridized carbons (Fsp3) is 0.429. The van der Waals surface area contributed by atoms with Gasteiger partial charge in [-0.3, -0.25) is 4.79 Å². The Morgan fingerprint density at radius 2 is 1.96 bits per heavy atom. The molecule has 0 saturated heterocycles. The number of hydrogen-bond donors (Lipinski definition) is 1. The minimum atomic E-state index is -0.403. The van der Waals surface area contributed by atoms with Gasteiger partial charge < -0.3 is 5.32 Å². The first kappa shape index (κ1) is 18.0. The maximum atomic E-state index is 12.3. The summed E-state index contributed by atoms with van der Waals surface area (Å²) in [7, 11) is 0. The number of amides is 1. The average Bonchev–Trinajstić information content (AvgIpc) is 2.89. The highest BCUT2D eigenvalue weighted by atomic mass is 35.5. The minimum absolute atomic E-state index is 0.218. The molecule has 0 saturated carbocycles. The first-order valence-electron chi connectivity index (χ1n) is 7.06. The van der Waals surface area contributed by atoms with E-state index in [1.165, 1.54) is 11.8 Å². The fourth-order valence-electron chi connectivity index (χ4n) is 1.80. The van der Waals surface area contributed by atoms with Crippen LogP contribution in [0, 0.1) is 5.92 Å². The number of anilines is 1. The molecular weight excluding hydrogens is 357 g/mol. The van der Waals surface area contributed by atoms with Gasteiger partial charge in [0.2, 0.25) is 11.1 Å². The van der Waals surface area contributed by atoms with E-state index in [1.54, 1.807) is 29.8 Å². The van der Waals surface area contributed by atoms with Crippen LogP contribution in [0.15, 0.2) is 23.4 Å². The molecule has 1 atom stereocenters. The smallest absolute Gasteiger partial charge is 0.237 e. The summed E-state index contributed by atoms with van der Waals surface area (Å²) in [5.74, 6) is 0.188. The zero-order valence-electron chi connectivity index (χ0n) is 13.0. The van der Waals surface area contributed by atoms with Crippen LogP contribution in [0.3, 0.4) is 0 Å². The van der Waals surface area contributed by atoms with Gasteiger partial charge in [-0.1, -0.05) is 54.9 Å². The third-order valence-corrected chi connectivity index (χ3v) is 4.60. The summed E-state index contributed by atoms with van der Waals surface area (Å²) in [6, 6.07) is 5.06. The minimum Gasteiger partial charge on any atom is -0.323 e. The zero-order valence-corrected chi connectivity index (χ0v) is 15.3. The molecule has 2 rings (SSSR count). The molecule has 9 heteroatoms. The van der Waals surface area contributed by atoms with Crippen molar-refractivity contribution in [3.05, 3.63) is 28.2 Å². The molecule has 1 aromatic heterocycles. The van der Waals surface area contributed by atoms with Gasteiger partial charge in [-0.2, -0.15) is 0 Å². The average molecular weight is 374 g/mol. The first-order valence-corrected chi connectivity index (χ1v) is 8.69. The predicted octanol–water partition coefficient (Wildman–Crippen LogP) is 3.76. The number of aromatic nitrogens is 4. The van der Waals surface area contributed by atoms with Gasteiger partial charge in [0.1, 0.15) is 0 Å². The molecule has 1 amide bonds. The molecule has 0 aliphatic heterocycles. The molecule has 1 aromatic carbocycles. The second kappa shape index (κ2) is 7.99. The Balaban J connectivity index is 2.05. The molecule has 0 radical (unpaired) electrons. The van der Waals surface area contributed by atoms with E-state index in [0.29, 0.717) is 33.4 Å². The second-order valence-corrected chi connectivity index (χ2v) is 7.51. The summed E-state index contributed by atoms with van der Waals surface area (Å²) < 4.78 is 1.70. The highest BCUT2D eigenvalue weighted by Crippen LogP contribution is 2.31. The van der Waals surface area contributed by atoms with E-state index in [4.69, 9.17) is 23.2 Å². The van der Waals surface area contributed by atoms with E-state index in [9.17, 15) is 4.79 Å². The molecule has 0 aliphatic rings. The number of nitrogens with zero attached hydrogens (tertiary/aromatic N) is 4. The SMILES string of the molecule is CC(C)Cn1nnnc1SC(C)C(=O)Nc1c(Cl)cccc1Cl. The fourth-order valence-corrected chi connectivity index (χ4v) is 3.09. The Morgan fingerprint density at radius 1 is 1.30 bits per heavy atom.